The van der Waals surface area contributed by atoms with Gasteiger partial charge in [-0.15, -0.1) is 10.2 Å². The van der Waals surface area contributed by atoms with Gasteiger partial charge in [0.15, 0.2) is 5.65 Å². The zero-order chi connectivity index (χ0) is 16.2. The Morgan fingerprint density at radius 3 is 3.04 bits per heavy atom. The lowest BCUT2D eigenvalue weighted by atomic mass is 10.1. The molecule has 0 saturated heterocycles. The standard InChI is InChI=1S/C13H15N7OS2/c1-7(2)3-9-19-20-13(23-9)18-8(21)4-22-12-10-11(15-5-14-10)16-6-17-12/h5-7H,3-4H2,1-2H3,(H,18,20,21)(H,14,15,16,17). The Morgan fingerprint density at radius 2 is 2.22 bits per heavy atom. The van der Waals surface area contributed by atoms with Crippen LogP contribution >= 0.6 is 23.1 Å². The minimum atomic E-state index is -0.145. The van der Waals surface area contributed by atoms with Crippen LogP contribution in [0.25, 0.3) is 11.2 Å². The Kier molecular flexibility index (Phi) is 4.82. The van der Waals surface area contributed by atoms with E-state index in [9.17, 15) is 4.79 Å². The summed E-state index contributed by atoms with van der Waals surface area (Å²) >= 11 is 2.73. The van der Waals surface area contributed by atoms with Crippen molar-refractivity contribution in [2.75, 3.05) is 11.1 Å². The highest BCUT2D eigenvalue weighted by atomic mass is 32.2. The molecule has 0 fully saturated rings. The van der Waals surface area contributed by atoms with E-state index in [0.29, 0.717) is 21.7 Å². The molecular formula is C13H15N7OS2. The van der Waals surface area contributed by atoms with Gasteiger partial charge in [-0.1, -0.05) is 36.9 Å². The Labute approximate surface area is 140 Å². The molecule has 0 radical (unpaired) electrons. The normalized spacial score (nSPS) is 11.3. The van der Waals surface area contributed by atoms with Crippen LogP contribution in [0.3, 0.4) is 0 Å². The van der Waals surface area contributed by atoms with Crippen molar-refractivity contribution in [3.63, 3.8) is 0 Å². The van der Waals surface area contributed by atoms with Crippen molar-refractivity contribution >= 4 is 45.3 Å². The highest BCUT2D eigenvalue weighted by molar-refractivity contribution is 8.00. The molecule has 2 N–H and O–H groups in total. The highest BCUT2D eigenvalue weighted by Crippen LogP contribution is 2.23. The van der Waals surface area contributed by atoms with E-state index in [4.69, 9.17) is 0 Å². The van der Waals surface area contributed by atoms with Crippen molar-refractivity contribution in [1.82, 2.24) is 30.1 Å². The molecule has 0 aliphatic heterocycles. The molecule has 0 aliphatic carbocycles. The number of anilines is 1. The van der Waals surface area contributed by atoms with Gasteiger partial charge in [-0.2, -0.15) is 0 Å². The predicted molar refractivity (Wildman–Crippen MR) is 89.5 cm³/mol. The predicted octanol–water partition coefficient (Wildman–Crippen LogP) is 2.13. The van der Waals surface area contributed by atoms with Crippen molar-refractivity contribution < 1.29 is 4.79 Å². The van der Waals surface area contributed by atoms with Gasteiger partial charge in [0.1, 0.15) is 21.9 Å². The maximum absolute atomic E-state index is 12.0. The summed E-state index contributed by atoms with van der Waals surface area (Å²) < 4.78 is 0. The van der Waals surface area contributed by atoms with Crippen LogP contribution in [-0.2, 0) is 11.2 Å². The van der Waals surface area contributed by atoms with Crippen LogP contribution in [0.1, 0.15) is 18.9 Å². The Balaban J connectivity index is 1.57. The number of amides is 1. The first-order valence-corrected chi connectivity index (χ1v) is 8.81. The molecular weight excluding hydrogens is 334 g/mol. The second-order valence-corrected chi connectivity index (χ2v) is 7.24. The number of aromatic amines is 1. The lowest BCUT2D eigenvalue weighted by molar-refractivity contribution is -0.113. The number of nitrogens with one attached hydrogen (secondary N) is 2. The molecule has 3 aromatic heterocycles. The van der Waals surface area contributed by atoms with Crippen LogP contribution in [0.5, 0.6) is 0 Å². The molecule has 0 aliphatic rings. The fourth-order valence-electron chi connectivity index (χ4n) is 1.88. The first kappa shape index (κ1) is 15.8. The van der Waals surface area contributed by atoms with E-state index in [2.05, 4.69) is 49.3 Å². The van der Waals surface area contributed by atoms with Crippen LogP contribution < -0.4 is 5.32 Å². The number of hydrogen-bond donors (Lipinski definition) is 2. The van der Waals surface area contributed by atoms with E-state index in [1.807, 2.05) is 0 Å². The lowest BCUT2D eigenvalue weighted by Crippen LogP contribution is -2.14. The number of rotatable bonds is 6. The number of fused-ring (bicyclic) bond motifs is 1. The molecule has 1 amide bonds. The molecule has 23 heavy (non-hydrogen) atoms. The number of carbonyl (C=O) groups excluding carboxylic acids is 1. The molecule has 3 aromatic rings. The van der Waals surface area contributed by atoms with E-state index in [-0.39, 0.29) is 11.7 Å². The second kappa shape index (κ2) is 7.01. The largest absolute Gasteiger partial charge is 0.341 e. The number of hydrogen-bond acceptors (Lipinski definition) is 8. The highest BCUT2D eigenvalue weighted by Gasteiger charge is 2.12. The molecule has 10 heteroatoms. The van der Waals surface area contributed by atoms with Crippen molar-refractivity contribution in [3.05, 3.63) is 17.7 Å². The number of nitrogens with zero attached hydrogens (tertiary/aromatic N) is 5. The molecule has 8 nitrogen and oxygen atoms in total. The summed E-state index contributed by atoms with van der Waals surface area (Å²) in [6.07, 6.45) is 3.86. The summed E-state index contributed by atoms with van der Waals surface area (Å²) in [5, 5.41) is 13.0. The number of thioether (sulfide) groups is 1. The van der Waals surface area contributed by atoms with Crippen LogP contribution in [-0.4, -0.2) is 41.8 Å². The van der Waals surface area contributed by atoms with Crippen molar-refractivity contribution in [2.24, 2.45) is 5.92 Å². The van der Waals surface area contributed by atoms with Crippen LogP contribution in [0.2, 0.25) is 0 Å². The third kappa shape index (κ3) is 4.02. The Bertz CT molecular complexity index is 813. The topological polar surface area (TPSA) is 109 Å². The minimum Gasteiger partial charge on any atom is -0.341 e. The number of carbonyl (C=O) groups is 1. The summed E-state index contributed by atoms with van der Waals surface area (Å²) in [7, 11) is 0. The van der Waals surface area contributed by atoms with Gasteiger partial charge in [-0.3, -0.25) is 10.1 Å². The van der Waals surface area contributed by atoms with Gasteiger partial charge in [0.05, 0.1) is 12.1 Å². The summed E-state index contributed by atoms with van der Waals surface area (Å²) in [6.45, 7) is 4.24. The summed E-state index contributed by atoms with van der Waals surface area (Å²) in [4.78, 5) is 27.3. The SMILES string of the molecule is CC(C)Cc1nnc(NC(=O)CSc2ncnc3nc[nH]c23)s1. The zero-order valence-corrected chi connectivity index (χ0v) is 14.2. The first-order valence-electron chi connectivity index (χ1n) is 7.01. The average molecular weight is 349 g/mol. The Hall–Kier alpha value is -2.07. The van der Waals surface area contributed by atoms with Gasteiger partial charge < -0.3 is 4.98 Å². The quantitative estimate of drug-likeness (QED) is 0.518. The van der Waals surface area contributed by atoms with Gasteiger partial charge >= 0.3 is 0 Å². The van der Waals surface area contributed by atoms with E-state index >= 15 is 0 Å². The van der Waals surface area contributed by atoms with Gasteiger partial charge in [0, 0.05) is 6.42 Å². The lowest BCUT2D eigenvalue weighted by Gasteiger charge is -2.01. The minimum absolute atomic E-state index is 0.145. The molecule has 0 saturated carbocycles. The first-order chi connectivity index (χ1) is 11.1. The number of aromatic nitrogens is 6. The summed E-state index contributed by atoms with van der Waals surface area (Å²) in [6, 6.07) is 0. The molecule has 120 valence electrons. The zero-order valence-electron chi connectivity index (χ0n) is 12.6. The van der Waals surface area contributed by atoms with Crippen LogP contribution in [0.15, 0.2) is 17.7 Å². The van der Waals surface area contributed by atoms with Crippen molar-refractivity contribution in [3.8, 4) is 0 Å². The third-order valence-corrected chi connectivity index (χ3v) is 4.67. The fraction of sp³-hybridized carbons (Fsp3) is 0.385. The van der Waals surface area contributed by atoms with Gasteiger partial charge in [0.2, 0.25) is 11.0 Å². The van der Waals surface area contributed by atoms with E-state index < -0.39 is 0 Å². The second-order valence-electron chi connectivity index (χ2n) is 5.22. The molecule has 3 heterocycles. The Morgan fingerprint density at radius 1 is 1.35 bits per heavy atom. The van der Waals surface area contributed by atoms with Crippen molar-refractivity contribution in [1.29, 1.82) is 0 Å². The maximum atomic E-state index is 12.0. The smallest absolute Gasteiger partial charge is 0.236 e. The molecule has 0 unspecified atom stereocenters. The molecule has 0 bridgehead atoms. The van der Waals surface area contributed by atoms with Gasteiger partial charge in [-0.25, -0.2) is 15.0 Å². The molecule has 0 atom stereocenters. The van der Waals surface area contributed by atoms with Crippen LogP contribution in [0.4, 0.5) is 5.13 Å². The molecule has 0 spiro atoms. The number of H-pyrrole nitrogens is 1. The van der Waals surface area contributed by atoms with Gasteiger partial charge in [-0.05, 0) is 5.92 Å². The number of imidazole rings is 1. The summed E-state index contributed by atoms with van der Waals surface area (Å²) in [5.74, 6) is 0.592. The van der Waals surface area contributed by atoms with E-state index in [1.54, 1.807) is 6.33 Å². The average Bonchev–Trinajstić information content (AvgIpc) is 3.13. The molecule has 3 rings (SSSR count). The summed E-state index contributed by atoms with van der Waals surface area (Å²) in [5.41, 5.74) is 1.32. The third-order valence-electron chi connectivity index (χ3n) is 2.82. The van der Waals surface area contributed by atoms with E-state index in [0.717, 1.165) is 16.9 Å². The van der Waals surface area contributed by atoms with Crippen LogP contribution in [0, 0.1) is 5.92 Å². The fourth-order valence-corrected chi connectivity index (χ4v) is 3.60. The monoisotopic (exact) mass is 349 g/mol. The molecule has 0 aromatic carbocycles. The van der Waals surface area contributed by atoms with E-state index in [1.165, 1.54) is 29.4 Å². The van der Waals surface area contributed by atoms with Crippen molar-refractivity contribution in [2.45, 2.75) is 25.3 Å². The van der Waals surface area contributed by atoms with Gasteiger partial charge in [0.25, 0.3) is 0 Å². The maximum Gasteiger partial charge on any atom is 0.236 e.